The first-order valence-electron chi connectivity index (χ1n) is 11.2. The Hall–Kier alpha value is -3.99. The van der Waals surface area contributed by atoms with Crippen LogP contribution in [0.25, 0.3) is 5.57 Å². The quantitative estimate of drug-likeness (QED) is 0.434. The highest BCUT2D eigenvalue weighted by molar-refractivity contribution is 7.93. The molecule has 0 fully saturated rings. The monoisotopic (exact) mass is 531 g/mol. The molecule has 0 saturated carbocycles. The Balaban J connectivity index is 1.93. The highest BCUT2D eigenvalue weighted by atomic mass is 32.2. The molecule has 2 heterocycles. The van der Waals surface area contributed by atoms with Gasteiger partial charge in [0.25, 0.3) is 10.0 Å². The van der Waals surface area contributed by atoms with Crippen molar-refractivity contribution in [3.05, 3.63) is 88.6 Å². The predicted octanol–water partition coefficient (Wildman–Crippen LogP) is 5.14. The number of hydrogen-bond donors (Lipinski definition) is 0. The summed E-state index contributed by atoms with van der Waals surface area (Å²) in [4.78, 5) is 13.0. The van der Waals surface area contributed by atoms with Crippen molar-refractivity contribution in [2.45, 2.75) is 24.4 Å². The van der Waals surface area contributed by atoms with Gasteiger partial charge in [0, 0.05) is 11.1 Å². The summed E-state index contributed by atoms with van der Waals surface area (Å²) in [5.74, 6) is -0.234. The number of methoxy groups -OCH3 is 1. The number of carbonyl (C=O) groups is 1. The van der Waals surface area contributed by atoms with Crippen molar-refractivity contribution in [2.24, 2.45) is 0 Å². The zero-order chi connectivity index (χ0) is 26.5. The molecule has 0 spiro atoms. The molecule has 2 aliphatic rings. The van der Waals surface area contributed by atoms with Gasteiger partial charge < -0.3 is 14.2 Å². The number of hydrogen-bond acceptors (Lipinski definition) is 6. The van der Waals surface area contributed by atoms with E-state index in [0.29, 0.717) is 27.8 Å². The van der Waals surface area contributed by atoms with Crippen LogP contribution in [0.1, 0.15) is 29.2 Å². The van der Waals surface area contributed by atoms with Crippen molar-refractivity contribution in [3.8, 4) is 11.5 Å². The SMILES string of the molecule is CCc1cc(C2=C(C(=O)OC)N(c3ccccc3C(F)(F)F)S(=O)(=O)c3ccccc32)cc2c1OCO2. The molecule has 2 aliphatic heterocycles. The van der Waals surface area contributed by atoms with Crippen LogP contribution in [0, 0.1) is 0 Å². The minimum Gasteiger partial charge on any atom is -0.464 e. The molecule has 0 aliphatic carbocycles. The molecule has 0 aromatic heterocycles. The summed E-state index contributed by atoms with van der Waals surface area (Å²) >= 11 is 0. The Morgan fingerprint density at radius 1 is 1.05 bits per heavy atom. The van der Waals surface area contributed by atoms with Gasteiger partial charge in [0.1, 0.15) is 0 Å². The molecule has 0 N–H and O–H groups in total. The van der Waals surface area contributed by atoms with Crippen LogP contribution in [0.5, 0.6) is 11.5 Å². The molecule has 0 bridgehead atoms. The van der Waals surface area contributed by atoms with E-state index in [2.05, 4.69) is 0 Å². The van der Waals surface area contributed by atoms with Crippen LogP contribution in [0.2, 0.25) is 0 Å². The first-order valence-corrected chi connectivity index (χ1v) is 12.6. The summed E-state index contributed by atoms with van der Waals surface area (Å²) in [6.07, 6.45) is -4.39. The van der Waals surface area contributed by atoms with Gasteiger partial charge in [-0.1, -0.05) is 37.3 Å². The van der Waals surface area contributed by atoms with Crippen LogP contribution in [0.15, 0.2) is 71.3 Å². The van der Waals surface area contributed by atoms with E-state index in [1.54, 1.807) is 18.2 Å². The van der Waals surface area contributed by atoms with E-state index in [1.165, 1.54) is 24.3 Å². The summed E-state index contributed by atoms with van der Waals surface area (Å²) < 4.78 is 86.3. The number of sulfonamides is 1. The molecule has 0 amide bonds. The predicted molar refractivity (Wildman–Crippen MR) is 128 cm³/mol. The normalized spacial score (nSPS) is 16.0. The zero-order valence-corrected chi connectivity index (χ0v) is 20.4. The maximum absolute atomic E-state index is 14.0. The number of ether oxygens (including phenoxy) is 3. The highest BCUT2D eigenvalue weighted by Gasteiger charge is 2.45. The van der Waals surface area contributed by atoms with E-state index in [-0.39, 0.29) is 22.8 Å². The molecule has 0 atom stereocenters. The lowest BCUT2D eigenvalue weighted by Crippen LogP contribution is -2.39. The Labute approximate surface area is 210 Å². The van der Waals surface area contributed by atoms with Gasteiger partial charge in [-0.3, -0.25) is 0 Å². The summed E-state index contributed by atoms with van der Waals surface area (Å²) in [5.41, 5.74) is -1.21. The fourth-order valence-corrected chi connectivity index (χ4v) is 6.27. The molecule has 0 unspecified atom stereocenters. The van der Waals surface area contributed by atoms with Crippen molar-refractivity contribution in [1.82, 2.24) is 0 Å². The second-order valence-electron chi connectivity index (χ2n) is 8.22. The van der Waals surface area contributed by atoms with Gasteiger partial charge in [-0.15, -0.1) is 0 Å². The summed E-state index contributed by atoms with van der Waals surface area (Å²) in [6, 6.07) is 13.3. The average molecular weight is 532 g/mol. The molecule has 5 rings (SSSR count). The van der Waals surface area contributed by atoms with E-state index in [1.807, 2.05) is 6.92 Å². The second-order valence-corrected chi connectivity index (χ2v) is 9.97. The van der Waals surface area contributed by atoms with Crippen LogP contribution >= 0.6 is 0 Å². The number of para-hydroxylation sites is 1. The summed E-state index contributed by atoms with van der Waals surface area (Å²) in [7, 11) is -3.64. The lowest BCUT2D eigenvalue weighted by molar-refractivity contribution is -0.138. The van der Waals surface area contributed by atoms with Gasteiger partial charge in [0.2, 0.25) is 6.79 Å². The van der Waals surface area contributed by atoms with Gasteiger partial charge in [-0.25, -0.2) is 17.5 Å². The average Bonchev–Trinajstić information content (AvgIpc) is 3.35. The highest BCUT2D eigenvalue weighted by Crippen LogP contribution is 2.48. The number of halogens is 3. The Morgan fingerprint density at radius 2 is 1.76 bits per heavy atom. The topological polar surface area (TPSA) is 82.1 Å². The first kappa shape index (κ1) is 24.7. The molecule has 37 heavy (non-hydrogen) atoms. The fraction of sp³-hybridized carbons (Fsp3) is 0.192. The number of anilines is 1. The fourth-order valence-electron chi connectivity index (χ4n) is 4.55. The lowest BCUT2D eigenvalue weighted by atomic mass is 9.92. The van der Waals surface area contributed by atoms with Gasteiger partial charge >= 0.3 is 12.1 Å². The maximum Gasteiger partial charge on any atom is 0.418 e. The standard InChI is InChI=1S/C26H20F3NO6S/c1-3-15-12-16(13-20-24(15)36-14-35-20)22-17-8-4-7-11-21(17)37(32,33)30(23(22)25(31)34-2)19-10-6-5-9-18(19)26(27,28)29/h4-13H,3,14H2,1-2H3. The molecule has 7 nitrogen and oxygen atoms in total. The maximum atomic E-state index is 14.0. The number of nitrogens with zero attached hydrogens (tertiary/aromatic N) is 1. The van der Waals surface area contributed by atoms with E-state index in [0.717, 1.165) is 30.9 Å². The van der Waals surface area contributed by atoms with Gasteiger partial charge in [0.15, 0.2) is 17.2 Å². The minimum atomic E-state index is -4.90. The number of rotatable bonds is 4. The number of aryl methyl sites for hydroxylation is 1. The third-order valence-corrected chi connectivity index (χ3v) is 7.91. The Kier molecular flexibility index (Phi) is 5.90. The molecular weight excluding hydrogens is 511 g/mol. The summed E-state index contributed by atoms with van der Waals surface area (Å²) in [6.45, 7) is 1.85. The first-order chi connectivity index (χ1) is 17.6. The molecular formula is C26H20F3NO6S. The van der Waals surface area contributed by atoms with E-state index in [4.69, 9.17) is 14.2 Å². The van der Waals surface area contributed by atoms with Crippen molar-refractivity contribution >= 4 is 27.3 Å². The van der Waals surface area contributed by atoms with Crippen LogP contribution in [0.4, 0.5) is 18.9 Å². The number of alkyl halides is 3. The Bertz CT molecular complexity index is 1560. The van der Waals surface area contributed by atoms with Crippen molar-refractivity contribution in [1.29, 1.82) is 0 Å². The molecule has 0 saturated heterocycles. The van der Waals surface area contributed by atoms with Crippen molar-refractivity contribution in [2.75, 3.05) is 18.2 Å². The molecule has 3 aromatic carbocycles. The van der Waals surface area contributed by atoms with Crippen LogP contribution in [-0.2, 0) is 32.2 Å². The Morgan fingerprint density at radius 3 is 2.46 bits per heavy atom. The van der Waals surface area contributed by atoms with E-state index in [9.17, 15) is 26.4 Å². The smallest absolute Gasteiger partial charge is 0.418 e. The number of esters is 1. The van der Waals surface area contributed by atoms with Crippen molar-refractivity contribution < 1.29 is 40.6 Å². The molecule has 11 heteroatoms. The van der Waals surface area contributed by atoms with E-state index < -0.39 is 39.1 Å². The lowest BCUT2D eigenvalue weighted by Gasteiger charge is -2.34. The molecule has 0 radical (unpaired) electrons. The van der Waals surface area contributed by atoms with Crippen molar-refractivity contribution in [3.63, 3.8) is 0 Å². The zero-order valence-electron chi connectivity index (χ0n) is 19.6. The van der Waals surface area contributed by atoms with E-state index >= 15 is 0 Å². The minimum absolute atomic E-state index is 0.0231. The van der Waals surface area contributed by atoms with Gasteiger partial charge in [-0.2, -0.15) is 13.2 Å². The third kappa shape index (κ3) is 3.90. The summed E-state index contributed by atoms with van der Waals surface area (Å²) in [5, 5.41) is 0. The third-order valence-electron chi connectivity index (χ3n) is 6.14. The number of fused-ring (bicyclic) bond motifs is 2. The van der Waals surface area contributed by atoms with Gasteiger partial charge in [-0.05, 0) is 47.9 Å². The van der Waals surface area contributed by atoms with Crippen LogP contribution in [0.3, 0.4) is 0 Å². The molecule has 3 aromatic rings. The number of carbonyl (C=O) groups excluding carboxylic acids is 1. The second kappa shape index (κ2) is 8.84. The van der Waals surface area contributed by atoms with Gasteiger partial charge in [0.05, 0.1) is 23.3 Å². The van der Waals surface area contributed by atoms with Crippen LogP contribution in [-0.4, -0.2) is 28.3 Å². The molecule has 192 valence electrons. The number of benzene rings is 3. The largest absolute Gasteiger partial charge is 0.464 e. The van der Waals surface area contributed by atoms with Crippen LogP contribution < -0.4 is 13.8 Å².